The molecule has 0 unspecified atom stereocenters. The number of aryl methyl sites for hydroxylation is 2. The first-order valence-corrected chi connectivity index (χ1v) is 11.6. The molecule has 0 bridgehead atoms. The van der Waals surface area contributed by atoms with E-state index in [1.54, 1.807) is 28.5 Å². The van der Waals surface area contributed by atoms with E-state index in [9.17, 15) is 9.59 Å². The Balaban J connectivity index is 1.86. The predicted molar refractivity (Wildman–Crippen MR) is 130 cm³/mol. The molecule has 0 fully saturated rings. The van der Waals surface area contributed by atoms with E-state index in [1.807, 2.05) is 50.2 Å². The molecule has 8 nitrogen and oxygen atoms in total. The van der Waals surface area contributed by atoms with Gasteiger partial charge in [0, 0.05) is 18.1 Å². The van der Waals surface area contributed by atoms with Crippen LogP contribution in [0.3, 0.4) is 0 Å². The summed E-state index contributed by atoms with van der Waals surface area (Å²) in [6.45, 7) is 7.67. The monoisotopic (exact) mass is 485 g/mol. The van der Waals surface area contributed by atoms with Crippen LogP contribution in [0.15, 0.2) is 41.2 Å². The lowest BCUT2D eigenvalue weighted by Crippen LogP contribution is -2.27. The van der Waals surface area contributed by atoms with E-state index in [0.717, 1.165) is 27.8 Å². The number of fused-ring (bicyclic) bond motifs is 1. The fourth-order valence-electron chi connectivity index (χ4n) is 4.43. The van der Waals surface area contributed by atoms with Gasteiger partial charge in [-0.2, -0.15) is 5.06 Å². The Hall–Kier alpha value is -3.07. The minimum atomic E-state index is -0.842. The molecular formula is C25H28ClN3O5. The Bertz CT molecular complexity index is 1240. The SMILES string of the molecule is CCOC(=O)Oc1c(-c2c(C)cc(-c3ccc(Cl)cc3)cc2C)c(=O)n2n1CCN(OC)CC2. The molecule has 0 amide bonds. The normalized spacial score (nSPS) is 13.9. The second-order valence-electron chi connectivity index (χ2n) is 8.12. The molecule has 3 aromatic rings. The quantitative estimate of drug-likeness (QED) is 0.489. The van der Waals surface area contributed by atoms with Crippen molar-refractivity contribution in [1.82, 2.24) is 14.4 Å². The lowest BCUT2D eigenvalue weighted by atomic mass is 9.92. The van der Waals surface area contributed by atoms with Gasteiger partial charge in [-0.1, -0.05) is 35.9 Å². The smallest absolute Gasteiger partial charge is 0.434 e. The van der Waals surface area contributed by atoms with E-state index in [2.05, 4.69) is 0 Å². The molecule has 0 N–H and O–H groups in total. The van der Waals surface area contributed by atoms with E-state index in [1.165, 1.54) is 0 Å². The molecule has 180 valence electrons. The van der Waals surface area contributed by atoms with Crippen LogP contribution < -0.4 is 10.3 Å². The summed E-state index contributed by atoms with van der Waals surface area (Å²) in [7, 11) is 1.60. The zero-order valence-electron chi connectivity index (χ0n) is 19.8. The van der Waals surface area contributed by atoms with Crippen molar-refractivity contribution in [3.63, 3.8) is 0 Å². The van der Waals surface area contributed by atoms with Gasteiger partial charge in [0.2, 0.25) is 5.88 Å². The molecule has 0 atom stereocenters. The van der Waals surface area contributed by atoms with E-state index in [0.29, 0.717) is 36.8 Å². The van der Waals surface area contributed by atoms with Gasteiger partial charge in [0.25, 0.3) is 5.56 Å². The van der Waals surface area contributed by atoms with Gasteiger partial charge in [-0.15, -0.1) is 0 Å². The maximum absolute atomic E-state index is 13.7. The topological polar surface area (TPSA) is 74.9 Å². The Morgan fingerprint density at radius 1 is 0.941 bits per heavy atom. The molecule has 0 aliphatic carbocycles. The van der Waals surface area contributed by atoms with E-state index in [4.69, 9.17) is 25.9 Å². The van der Waals surface area contributed by atoms with Crippen molar-refractivity contribution in [1.29, 1.82) is 0 Å². The highest BCUT2D eigenvalue weighted by Crippen LogP contribution is 2.36. The summed E-state index contributed by atoms with van der Waals surface area (Å²) in [6.07, 6.45) is -0.842. The number of hydrogen-bond donors (Lipinski definition) is 0. The average molecular weight is 486 g/mol. The number of ether oxygens (including phenoxy) is 2. The summed E-state index contributed by atoms with van der Waals surface area (Å²) in [6, 6.07) is 11.7. The van der Waals surface area contributed by atoms with Gasteiger partial charge in [-0.25, -0.2) is 14.2 Å². The van der Waals surface area contributed by atoms with Gasteiger partial charge in [-0.3, -0.25) is 4.79 Å². The van der Waals surface area contributed by atoms with Crippen LogP contribution in [-0.2, 0) is 22.7 Å². The Labute approximate surface area is 203 Å². The van der Waals surface area contributed by atoms with Crippen LogP contribution >= 0.6 is 11.6 Å². The first-order chi connectivity index (χ1) is 16.3. The Morgan fingerprint density at radius 2 is 1.56 bits per heavy atom. The van der Waals surface area contributed by atoms with Gasteiger partial charge >= 0.3 is 6.16 Å². The molecule has 2 aromatic carbocycles. The van der Waals surface area contributed by atoms with Crippen LogP contribution in [0.1, 0.15) is 18.1 Å². The zero-order valence-corrected chi connectivity index (χ0v) is 20.5. The van der Waals surface area contributed by atoms with Crippen molar-refractivity contribution in [2.24, 2.45) is 0 Å². The number of carbonyl (C=O) groups is 1. The van der Waals surface area contributed by atoms with Crippen LogP contribution in [0, 0.1) is 13.8 Å². The Kier molecular flexibility index (Phi) is 7.11. The summed E-state index contributed by atoms with van der Waals surface area (Å²) in [5.74, 6) is 0.187. The predicted octanol–water partition coefficient (Wildman–Crippen LogP) is 4.67. The molecule has 0 radical (unpaired) electrons. The molecule has 34 heavy (non-hydrogen) atoms. The first kappa shape index (κ1) is 24.1. The first-order valence-electron chi connectivity index (χ1n) is 11.2. The third-order valence-corrected chi connectivity index (χ3v) is 6.22. The van der Waals surface area contributed by atoms with Crippen molar-refractivity contribution >= 4 is 17.8 Å². The molecule has 0 saturated heterocycles. The molecule has 1 aliphatic heterocycles. The average Bonchev–Trinajstić information content (AvgIpc) is 2.94. The van der Waals surface area contributed by atoms with Crippen molar-refractivity contribution < 1.29 is 19.1 Å². The third kappa shape index (κ3) is 4.61. The fraction of sp³-hybridized carbons (Fsp3) is 0.360. The zero-order chi connectivity index (χ0) is 24.4. The highest BCUT2D eigenvalue weighted by molar-refractivity contribution is 6.30. The molecule has 2 heterocycles. The van der Waals surface area contributed by atoms with Crippen molar-refractivity contribution in [3.05, 3.63) is 62.9 Å². The van der Waals surface area contributed by atoms with E-state index < -0.39 is 6.16 Å². The summed E-state index contributed by atoms with van der Waals surface area (Å²) in [5, 5.41) is 2.44. The van der Waals surface area contributed by atoms with Crippen LogP contribution in [-0.4, -0.2) is 47.4 Å². The van der Waals surface area contributed by atoms with Crippen molar-refractivity contribution in [2.75, 3.05) is 26.8 Å². The number of aromatic nitrogens is 2. The fourth-order valence-corrected chi connectivity index (χ4v) is 4.56. The summed E-state index contributed by atoms with van der Waals surface area (Å²) in [4.78, 5) is 31.3. The van der Waals surface area contributed by atoms with Crippen molar-refractivity contribution in [2.45, 2.75) is 33.9 Å². The standard InChI is InChI=1S/C25H28ClN3O5/c1-5-33-25(31)34-24-22(23(30)28-12-10-27(32-4)11-13-29(24)28)21-16(2)14-19(15-17(21)3)18-6-8-20(26)9-7-18/h6-9,14-15H,5,10-13H2,1-4H3. The molecular weight excluding hydrogens is 458 g/mol. The van der Waals surface area contributed by atoms with Gasteiger partial charge in [0.1, 0.15) is 5.56 Å². The number of hydroxylamine groups is 2. The van der Waals surface area contributed by atoms with E-state index in [-0.39, 0.29) is 18.0 Å². The number of nitrogens with zero attached hydrogens (tertiary/aromatic N) is 3. The van der Waals surface area contributed by atoms with Crippen LogP contribution in [0.5, 0.6) is 5.88 Å². The summed E-state index contributed by atoms with van der Waals surface area (Å²) >= 11 is 6.04. The van der Waals surface area contributed by atoms with Gasteiger partial charge in [0.15, 0.2) is 0 Å². The van der Waals surface area contributed by atoms with E-state index >= 15 is 0 Å². The molecule has 1 aromatic heterocycles. The largest absolute Gasteiger partial charge is 0.515 e. The molecule has 9 heteroatoms. The highest BCUT2D eigenvalue weighted by Gasteiger charge is 2.29. The summed E-state index contributed by atoms with van der Waals surface area (Å²) in [5.41, 5.74) is 4.72. The lowest BCUT2D eigenvalue weighted by Gasteiger charge is -2.16. The second kappa shape index (κ2) is 10.0. The number of benzene rings is 2. The van der Waals surface area contributed by atoms with Crippen LogP contribution in [0.2, 0.25) is 5.02 Å². The summed E-state index contributed by atoms with van der Waals surface area (Å²) < 4.78 is 14.0. The van der Waals surface area contributed by atoms with Crippen LogP contribution in [0.4, 0.5) is 4.79 Å². The van der Waals surface area contributed by atoms with Crippen molar-refractivity contribution in [3.8, 4) is 28.1 Å². The van der Waals surface area contributed by atoms with Gasteiger partial charge in [-0.05, 0) is 60.7 Å². The minimum absolute atomic E-state index is 0.171. The highest BCUT2D eigenvalue weighted by atomic mass is 35.5. The minimum Gasteiger partial charge on any atom is -0.434 e. The third-order valence-electron chi connectivity index (χ3n) is 5.97. The van der Waals surface area contributed by atoms with Gasteiger partial charge in [0.05, 0.1) is 26.8 Å². The maximum atomic E-state index is 13.7. The molecule has 4 rings (SSSR count). The number of rotatable bonds is 5. The Morgan fingerprint density at radius 3 is 2.15 bits per heavy atom. The maximum Gasteiger partial charge on any atom is 0.515 e. The van der Waals surface area contributed by atoms with Crippen LogP contribution in [0.25, 0.3) is 22.3 Å². The van der Waals surface area contributed by atoms with Gasteiger partial charge < -0.3 is 14.3 Å². The molecule has 0 saturated carbocycles. The second-order valence-corrected chi connectivity index (χ2v) is 8.56. The molecule has 1 aliphatic rings. The number of hydrogen-bond acceptors (Lipinski definition) is 6. The number of carbonyl (C=O) groups excluding carboxylic acids is 1. The molecule has 0 spiro atoms. The lowest BCUT2D eigenvalue weighted by molar-refractivity contribution is -0.130. The number of halogens is 1.